The minimum absolute atomic E-state index is 0.459. The first-order valence-corrected chi connectivity index (χ1v) is 7.11. The van der Waals surface area contributed by atoms with Crippen LogP contribution in [0.2, 0.25) is 0 Å². The maximum atomic E-state index is 5.96. The first-order valence-electron chi connectivity index (χ1n) is 7.11. The molecule has 1 N–H and O–H groups in total. The maximum Gasteiger partial charge on any atom is 0.126 e. The van der Waals surface area contributed by atoms with E-state index in [1.165, 1.54) is 5.56 Å². The van der Waals surface area contributed by atoms with Gasteiger partial charge < -0.3 is 10.1 Å². The van der Waals surface area contributed by atoms with Gasteiger partial charge in [-0.15, -0.1) is 0 Å². The molecule has 0 spiro atoms. The van der Waals surface area contributed by atoms with E-state index in [1.54, 1.807) is 0 Å². The molecule has 1 aromatic heterocycles. The lowest BCUT2D eigenvalue weighted by Gasteiger charge is -2.14. The van der Waals surface area contributed by atoms with Crippen molar-refractivity contribution in [3.05, 3.63) is 53.7 Å². The number of aromatic nitrogens is 1. The van der Waals surface area contributed by atoms with E-state index in [2.05, 4.69) is 43.2 Å². The summed E-state index contributed by atoms with van der Waals surface area (Å²) in [7, 11) is 0. The van der Waals surface area contributed by atoms with Crippen molar-refractivity contribution in [1.82, 2.24) is 4.98 Å². The fourth-order valence-corrected chi connectivity index (χ4v) is 2.09. The zero-order chi connectivity index (χ0) is 14.4. The first kappa shape index (κ1) is 14.4. The van der Waals surface area contributed by atoms with Crippen LogP contribution in [0.1, 0.15) is 37.8 Å². The van der Waals surface area contributed by atoms with Crippen molar-refractivity contribution < 1.29 is 4.74 Å². The summed E-state index contributed by atoms with van der Waals surface area (Å²) in [6.07, 6.45) is 1.81. The summed E-state index contributed by atoms with van der Waals surface area (Å²) in [4.78, 5) is 4.26. The predicted molar refractivity (Wildman–Crippen MR) is 83.3 cm³/mol. The Morgan fingerprint density at radius 1 is 1.20 bits per heavy atom. The quantitative estimate of drug-likeness (QED) is 0.853. The number of anilines is 1. The third kappa shape index (κ3) is 3.73. The molecule has 1 heterocycles. The van der Waals surface area contributed by atoms with Crippen LogP contribution in [0, 0.1) is 0 Å². The number of ether oxygens (including phenoxy) is 1. The summed E-state index contributed by atoms with van der Waals surface area (Å²) in [5.74, 6) is 2.32. The van der Waals surface area contributed by atoms with Crippen LogP contribution in [0.5, 0.6) is 5.75 Å². The standard InChI is InChI=1S/C17H22N2O/c1-4-18-17-11-14(9-10-19-17)12-20-16-8-6-5-7-15(16)13(2)3/h5-11,13H,4,12H2,1-3H3,(H,18,19). The molecular formula is C17H22N2O. The van der Waals surface area contributed by atoms with Gasteiger partial charge in [0.2, 0.25) is 0 Å². The minimum Gasteiger partial charge on any atom is -0.489 e. The molecule has 0 saturated heterocycles. The summed E-state index contributed by atoms with van der Waals surface area (Å²) >= 11 is 0. The molecule has 0 bridgehead atoms. The second-order valence-corrected chi connectivity index (χ2v) is 5.06. The third-order valence-electron chi connectivity index (χ3n) is 3.12. The van der Waals surface area contributed by atoms with Gasteiger partial charge in [0.05, 0.1) is 0 Å². The molecule has 1 aromatic carbocycles. The summed E-state index contributed by atoms with van der Waals surface area (Å²) in [5.41, 5.74) is 2.36. The second kappa shape index (κ2) is 6.94. The molecule has 0 fully saturated rings. The van der Waals surface area contributed by atoms with E-state index >= 15 is 0 Å². The average Bonchev–Trinajstić information content (AvgIpc) is 2.46. The second-order valence-electron chi connectivity index (χ2n) is 5.06. The smallest absolute Gasteiger partial charge is 0.126 e. The number of benzene rings is 1. The Morgan fingerprint density at radius 3 is 2.75 bits per heavy atom. The highest BCUT2D eigenvalue weighted by atomic mass is 16.5. The molecule has 0 unspecified atom stereocenters. The Kier molecular flexibility index (Phi) is 4.99. The molecule has 0 radical (unpaired) electrons. The van der Waals surface area contributed by atoms with Crippen LogP contribution in [0.15, 0.2) is 42.6 Å². The zero-order valence-corrected chi connectivity index (χ0v) is 12.4. The van der Waals surface area contributed by atoms with Crippen molar-refractivity contribution in [3.8, 4) is 5.75 Å². The van der Waals surface area contributed by atoms with Gasteiger partial charge >= 0.3 is 0 Å². The molecule has 2 rings (SSSR count). The monoisotopic (exact) mass is 270 g/mol. The van der Waals surface area contributed by atoms with Crippen molar-refractivity contribution in [2.45, 2.75) is 33.3 Å². The van der Waals surface area contributed by atoms with Gasteiger partial charge in [0.25, 0.3) is 0 Å². The van der Waals surface area contributed by atoms with Crippen molar-refractivity contribution in [1.29, 1.82) is 0 Å². The van der Waals surface area contributed by atoms with Gasteiger partial charge in [-0.05, 0) is 42.2 Å². The number of nitrogens with one attached hydrogen (secondary N) is 1. The molecule has 3 heteroatoms. The zero-order valence-electron chi connectivity index (χ0n) is 12.4. The normalized spacial score (nSPS) is 10.6. The van der Waals surface area contributed by atoms with Crippen LogP contribution in [-0.4, -0.2) is 11.5 Å². The molecule has 3 nitrogen and oxygen atoms in total. The summed E-state index contributed by atoms with van der Waals surface area (Å²) in [6, 6.07) is 12.2. The van der Waals surface area contributed by atoms with Crippen LogP contribution in [-0.2, 0) is 6.61 Å². The Labute approximate surface area is 121 Å². The van der Waals surface area contributed by atoms with Gasteiger partial charge in [0, 0.05) is 12.7 Å². The minimum atomic E-state index is 0.459. The van der Waals surface area contributed by atoms with Gasteiger partial charge in [0.15, 0.2) is 0 Å². The molecule has 0 aliphatic rings. The fraction of sp³-hybridized carbons (Fsp3) is 0.353. The number of pyridine rings is 1. The summed E-state index contributed by atoms with van der Waals surface area (Å²) in [6.45, 7) is 7.84. The Balaban J connectivity index is 2.07. The van der Waals surface area contributed by atoms with E-state index in [4.69, 9.17) is 4.74 Å². The molecule has 2 aromatic rings. The molecule has 0 saturated carbocycles. The third-order valence-corrected chi connectivity index (χ3v) is 3.12. The molecular weight excluding hydrogens is 248 g/mol. The fourth-order valence-electron chi connectivity index (χ4n) is 2.09. The maximum absolute atomic E-state index is 5.96. The van der Waals surface area contributed by atoms with Gasteiger partial charge in [-0.2, -0.15) is 0 Å². The average molecular weight is 270 g/mol. The van der Waals surface area contributed by atoms with Gasteiger partial charge in [-0.3, -0.25) is 0 Å². The van der Waals surface area contributed by atoms with Crippen LogP contribution in [0.3, 0.4) is 0 Å². The van der Waals surface area contributed by atoms with E-state index < -0.39 is 0 Å². The number of rotatable bonds is 6. The van der Waals surface area contributed by atoms with Gasteiger partial charge in [0.1, 0.15) is 18.2 Å². The lowest BCUT2D eigenvalue weighted by atomic mass is 10.0. The molecule has 0 amide bonds. The largest absolute Gasteiger partial charge is 0.489 e. The lowest BCUT2D eigenvalue weighted by molar-refractivity contribution is 0.302. The van der Waals surface area contributed by atoms with E-state index in [1.807, 2.05) is 30.5 Å². The number of hydrogen-bond donors (Lipinski definition) is 1. The van der Waals surface area contributed by atoms with Crippen LogP contribution in [0.25, 0.3) is 0 Å². The molecule has 20 heavy (non-hydrogen) atoms. The van der Waals surface area contributed by atoms with Crippen LogP contribution in [0.4, 0.5) is 5.82 Å². The summed E-state index contributed by atoms with van der Waals surface area (Å²) in [5, 5.41) is 3.21. The van der Waals surface area contributed by atoms with Gasteiger partial charge in [-0.25, -0.2) is 4.98 Å². The van der Waals surface area contributed by atoms with Crippen molar-refractivity contribution in [2.24, 2.45) is 0 Å². The highest BCUT2D eigenvalue weighted by Gasteiger charge is 2.07. The van der Waals surface area contributed by atoms with E-state index in [-0.39, 0.29) is 0 Å². The van der Waals surface area contributed by atoms with Crippen LogP contribution < -0.4 is 10.1 Å². The van der Waals surface area contributed by atoms with Crippen molar-refractivity contribution >= 4 is 5.82 Å². The van der Waals surface area contributed by atoms with Crippen LogP contribution >= 0.6 is 0 Å². The lowest BCUT2D eigenvalue weighted by Crippen LogP contribution is -2.03. The number of para-hydroxylation sites is 1. The SMILES string of the molecule is CCNc1cc(COc2ccccc2C(C)C)ccn1. The van der Waals surface area contributed by atoms with E-state index in [0.29, 0.717) is 12.5 Å². The summed E-state index contributed by atoms with van der Waals surface area (Å²) < 4.78 is 5.96. The topological polar surface area (TPSA) is 34.1 Å². The van der Waals surface area contributed by atoms with E-state index in [0.717, 1.165) is 23.7 Å². The molecule has 106 valence electrons. The Hall–Kier alpha value is -2.03. The van der Waals surface area contributed by atoms with Gasteiger partial charge in [-0.1, -0.05) is 32.0 Å². The highest BCUT2D eigenvalue weighted by molar-refractivity contribution is 5.38. The Morgan fingerprint density at radius 2 is 2.00 bits per heavy atom. The van der Waals surface area contributed by atoms with E-state index in [9.17, 15) is 0 Å². The first-order chi connectivity index (χ1) is 9.70. The highest BCUT2D eigenvalue weighted by Crippen LogP contribution is 2.26. The predicted octanol–water partition coefficient (Wildman–Crippen LogP) is 4.22. The number of hydrogen-bond acceptors (Lipinski definition) is 3. The molecule has 0 aliphatic heterocycles. The molecule has 0 atom stereocenters. The molecule has 0 aliphatic carbocycles. The Bertz CT molecular complexity index is 552. The number of nitrogens with zero attached hydrogens (tertiary/aromatic N) is 1. The van der Waals surface area contributed by atoms with Crippen molar-refractivity contribution in [3.63, 3.8) is 0 Å². The van der Waals surface area contributed by atoms with Crippen molar-refractivity contribution in [2.75, 3.05) is 11.9 Å².